The van der Waals surface area contributed by atoms with Crippen LogP contribution in [0.3, 0.4) is 0 Å². The highest BCUT2D eigenvalue weighted by Gasteiger charge is 2.31. The summed E-state index contributed by atoms with van der Waals surface area (Å²) in [5.41, 5.74) is 1.91. The number of anilines is 2. The number of alkyl halides is 3. The van der Waals surface area contributed by atoms with Gasteiger partial charge in [-0.1, -0.05) is 29.5 Å². The Morgan fingerprint density at radius 1 is 0.975 bits per heavy atom. The SMILES string of the molecule is O=C(Cc1ccccn1)Nc1nnc(CCCCc2ccc(NC(O)Cc3cccc(OC(F)(F)F)c3)nn2)s1. The lowest BCUT2D eigenvalue weighted by molar-refractivity contribution is -0.274. The third-order valence-corrected chi connectivity index (χ3v) is 6.35. The number of amides is 1. The van der Waals surface area contributed by atoms with Crippen LogP contribution in [-0.4, -0.2) is 49.0 Å². The van der Waals surface area contributed by atoms with Crippen molar-refractivity contribution in [3.8, 4) is 5.75 Å². The number of halogens is 3. The van der Waals surface area contributed by atoms with Crippen LogP contribution >= 0.6 is 11.3 Å². The van der Waals surface area contributed by atoms with Gasteiger partial charge in [0.2, 0.25) is 11.0 Å². The molecule has 0 bridgehead atoms. The minimum absolute atomic E-state index is 0.0414. The number of carbonyl (C=O) groups is 1. The van der Waals surface area contributed by atoms with Crippen LogP contribution in [0.2, 0.25) is 0 Å². The number of ether oxygens (including phenoxy) is 1. The third-order valence-electron chi connectivity index (χ3n) is 5.45. The van der Waals surface area contributed by atoms with Crippen molar-refractivity contribution in [2.24, 2.45) is 0 Å². The molecule has 4 aromatic rings. The van der Waals surface area contributed by atoms with Gasteiger partial charge in [-0.3, -0.25) is 9.78 Å². The largest absolute Gasteiger partial charge is 0.573 e. The van der Waals surface area contributed by atoms with E-state index in [0.717, 1.165) is 23.5 Å². The van der Waals surface area contributed by atoms with E-state index in [1.807, 2.05) is 6.07 Å². The molecule has 14 heteroatoms. The quantitative estimate of drug-likeness (QED) is 0.158. The van der Waals surface area contributed by atoms with Crippen LogP contribution in [0.1, 0.15) is 34.8 Å². The zero-order valence-electron chi connectivity index (χ0n) is 21.1. The van der Waals surface area contributed by atoms with Crippen molar-refractivity contribution in [3.63, 3.8) is 0 Å². The van der Waals surface area contributed by atoms with E-state index in [-0.39, 0.29) is 24.5 Å². The minimum Gasteiger partial charge on any atom is -0.406 e. The second-order valence-electron chi connectivity index (χ2n) is 8.72. The lowest BCUT2D eigenvalue weighted by atomic mass is 10.1. The number of pyridine rings is 1. The summed E-state index contributed by atoms with van der Waals surface area (Å²) >= 11 is 1.34. The highest BCUT2D eigenvalue weighted by molar-refractivity contribution is 7.15. The zero-order valence-corrected chi connectivity index (χ0v) is 22.0. The van der Waals surface area contributed by atoms with Gasteiger partial charge in [0.25, 0.3) is 0 Å². The van der Waals surface area contributed by atoms with Crippen molar-refractivity contribution in [2.45, 2.75) is 51.1 Å². The van der Waals surface area contributed by atoms with Crippen LogP contribution in [0.5, 0.6) is 5.75 Å². The van der Waals surface area contributed by atoms with Crippen LogP contribution in [0.25, 0.3) is 0 Å². The molecular weight excluding hydrogens is 547 g/mol. The molecule has 1 unspecified atom stereocenters. The molecule has 0 radical (unpaired) electrons. The number of carbonyl (C=O) groups excluding carboxylic acids is 1. The van der Waals surface area contributed by atoms with Gasteiger partial charge in [0.15, 0.2) is 5.82 Å². The molecule has 3 N–H and O–H groups in total. The predicted molar refractivity (Wildman–Crippen MR) is 142 cm³/mol. The second-order valence-corrected chi connectivity index (χ2v) is 9.79. The molecule has 40 heavy (non-hydrogen) atoms. The zero-order chi connectivity index (χ0) is 28.4. The number of nitrogens with one attached hydrogen (secondary N) is 2. The number of hydrogen-bond donors (Lipinski definition) is 3. The van der Waals surface area contributed by atoms with Gasteiger partial charge in [-0.2, -0.15) is 5.10 Å². The molecule has 0 aliphatic rings. The fraction of sp³-hybridized carbons (Fsp3) is 0.308. The summed E-state index contributed by atoms with van der Waals surface area (Å²) in [5.74, 6) is -0.211. The summed E-state index contributed by atoms with van der Waals surface area (Å²) < 4.78 is 41.1. The Hall–Kier alpha value is -4.17. The fourth-order valence-corrected chi connectivity index (χ4v) is 4.50. The maximum atomic E-state index is 12.4. The van der Waals surface area contributed by atoms with Crippen molar-refractivity contribution in [2.75, 3.05) is 10.6 Å². The summed E-state index contributed by atoms with van der Waals surface area (Å²) in [4.78, 5) is 16.3. The van der Waals surface area contributed by atoms with E-state index in [9.17, 15) is 23.1 Å². The Balaban J connectivity index is 1.15. The van der Waals surface area contributed by atoms with Crippen LogP contribution in [0.4, 0.5) is 24.1 Å². The Kier molecular flexibility index (Phi) is 9.91. The van der Waals surface area contributed by atoms with Crippen molar-refractivity contribution in [1.82, 2.24) is 25.4 Å². The molecule has 3 heterocycles. The second kappa shape index (κ2) is 13.8. The standard InChI is InChI=1S/C26H26F3N7O3S/c27-26(28,29)39-20-9-5-6-17(14-20)15-22(37)31-21-12-11-18(33-34-21)7-1-2-10-24-35-36-25(40-24)32-23(38)16-19-8-3-4-13-30-19/h3-6,8-9,11-14,22,37H,1-2,7,10,15-16H2,(H,31,34)(H,32,36,38). The molecule has 1 aromatic carbocycles. The van der Waals surface area contributed by atoms with E-state index < -0.39 is 12.6 Å². The summed E-state index contributed by atoms with van der Waals surface area (Å²) in [7, 11) is 0. The van der Waals surface area contributed by atoms with Crippen LogP contribution in [0, 0.1) is 0 Å². The molecule has 1 amide bonds. The number of rotatable bonds is 13. The maximum absolute atomic E-state index is 12.4. The molecule has 3 aromatic heterocycles. The van der Waals surface area contributed by atoms with E-state index >= 15 is 0 Å². The average molecular weight is 574 g/mol. The van der Waals surface area contributed by atoms with E-state index in [4.69, 9.17) is 0 Å². The van der Waals surface area contributed by atoms with Gasteiger partial charge < -0.3 is 20.5 Å². The van der Waals surface area contributed by atoms with Gasteiger partial charge in [-0.05, 0) is 61.2 Å². The molecule has 0 aliphatic heterocycles. The highest BCUT2D eigenvalue weighted by Crippen LogP contribution is 2.24. The maximum Gasteiger partial charge on any atom is 0.573 e. The van der Waals surface area contributed by atoms with Gasteiger partial charge in [-0.15, -0.1) is 28.5 Å². The first-order chi connectivity index (χ1) is 19.2. The fourth-order valence-electron chi connectivity index (χ4n) is 3.70. The van der Waals surface area contributed by atoms with Gasteiger partial charge in [0.1, 0.15) is 17.0 Å². The first-order valence-electron chi connectivity index (χ1n) is 12.4. The van der Waals surface area contributed by atoms with E-state index in [1.165, 1.54) is 29.5 Å². The van der Waals surface area contributed by atoms with Crippen molar-refractivity contribution >= 4 is 28.2 Å². The molecule has 0 aliphatic carbocycles. The number of benzene rings is 1. The number of hydrogen-bond acceptors (Lipinski definition) is 10. The van der Waals surface area contributed by atoms with E-state index in [1.54, 1.807) is 36.5 Å². The average Bonchev–Trinajstić information content (AvgIpc) is 3.34. The summed E-state index contributed by atoms with van der Waals surface area (Å²) in [5, 5.41) is 33.5. The number of aliphatic hydroxyl groups excluding tert-OH is 1. The van der Waals surface area contributed by atoms with Crippen LogP contribution < -0.4 is 15.4 Å². The monoisotopic (exact) mass is 573 g/mol. The third kappa shape index (κ3) is 9.85. The van der Waals surface area contributed by atoms with Gasteiger partial charge >= 0.3 is 6.36 Å². The number of aryl methyl sites for hydroxylation is 2. The molecule has 0 spiro atoms. The summed E-state index contributed by atoms with van der Waals surface area (Å²) in [6, 6.07) is 14.3. The summed E-state index contributed by atoms with van der Waals surface area (Å²) in [6.45, 7) is 0. The smallest absolute Gasteiger partial charge is 0.406 e. The molecule has 10 nitrogen and oxygen atoms in total. The van der Waals surface area contributed by atoms with Gasteiger partial charge in [0, 0.05) is 24.7 Å². The van der Waals surface area contributed by atoms with E-state index in [0.29, 0.717) is 35.0 Å². The van der Waals surface area contributed by atoms with E-state index in [2.05, 4.69) is 40.7 Å². The molecule has 210 valence electrons. The Morgan fingerprint density at radius 2 is 1.82 bits per heavy atom. The molecular formula is C26H26F3N7O3S. The summed E-state index contributed by atoms with van der Waals surface area (Å²) in [6.07, 6.45) is -0.947. The molecule has 0 fully saturated rings. The Morgan fingerprint density at radius 3 is 2.58 bits per heavy atom. The van der Waals surface area contributed by atoms with Crippen LogP contribution in [0.15, 0.2) is 60.8 Å². The molecule has 1 atom stereocenters. The number of unbranched alkanes of at least 4 members (excludes halogenated alkanes) is 1. The number of nitrogens with zero attached hydrogens (tertiary/aromatic N) is 5. The molecule has 0 saturated carbocycles. The minimum atomic E-state index is -4.78. The highest BCUT2D eigenvalue weighted by atomic mass is 32.1. The van der Waals surface area contributed by atoms with Gasteiger partial charge in [0.05, 0.1) is 12.1 Å². The lowest BCUT2D eigenvalue weighted by Gasteiger charge is -2.14. The van der Waals surface area contributed by atoms with Crippen molar-refractivity contribution in [1.29, 1.82) is 0 Å². The van der Waals surface area contributed by atoms with Crippen molar-refractivity contribution in [3.05, 3.63) is 82.8 Å². The Bertz CT molecular complexity index is 1370. The first kappa shape index (κ1) is 28.8. The number of aromatic nitrogens is 5. The topological polar surface area (TPSA) is 135 Å². The lowest BCUT2D eigenvalue weighted by Crippen LogP contribution is -2.22. The molecule has 0 saturated heterocycles. The first-order valence-corrected chi connectivity index (χ1v) is 13.2. The predicted octanol–water partition coefficient (Wildman–Crippen LogP) is 4.34. The Labute approximate surface area is 231 Å². The normalized spacial score (nSPS) is 12.1. The molecule has 4 rings (SSSR count). The number of aliphatic hydroxyl groups is 1. The van der Waals surface area contributed by atoms with Crippen LogP contribution in [-0.2, 0) is 30.5 Å². The van der Waals surface area contributed by atoms with Crippen molar-refractivity contribution < 1.29 is 27.8 Å². The van der Waals surface area contributed by atoms with Gasteiger partial charge in [-0.25, -0.2) is 0 Å².